The quantitative estimate of drug-likeness (QED) is 0.287. The van der Waals surface area contributed by atoms with Gasteiger partial charge in [0.15, 0.2) is 0 Å². The lowest BCUT2D eigenvalue weighted by atomic mass is 10.6. The highest BCUT2D eigenvalue weighted by atomic mass is 16.7. The van der Waals surface area contributed by atoms with E-state index < -0.39 is 6.29 Å². The van der Waals surface area contributed by atoms with Crippen molar-refractivity contribution in [3.05, 3.63) is 0 Å². The Morgan fingerprint density at radius 1 is 2.00 bits per heavy atom. The second kappa shape index (κ2) is 4.55. The number of hydrogen-bond donors (Lipinski definition) is 2. The van der Waals surface area contributed by atoms with Gasteiger partial charge in [0.1, 0.15) is 0 Å². The first-order valence-electron chi connectivity index (χ1n) is 2.25. The summed E-state index contributed by atoms with van der Waals surface area (Å²) in [5.41, 5.74) is 0. The minimum Gasteiger partial charge on any atom is -0.363 e. The van der Waals surface area contributed by atoms with Crippen LogP contribution in [0, 0.1) is 0 Å². The maximum Gasteiger partial charge on any atom is 0.236 e. The first kappa shape index (κ1) is 7.39. The number of hydrogen-bond acceptors (Lipinski definition) is 4. The van der Waals surface area contributed by atoms with Gasteiger partial charge in [-0.15, -0.1) is 0 Å². The molecule has 0 aliphatic rings. The molecule has 0 radical (unpaired) electrons. The lowest BCUT2D eigenvalue weighted by Gasteiger charge is -2.04. The highest BCUT2D eigenvalue weighted by molar-refractivity contribution is 5.21. The van der Waals surface area contributed by atoms with E-state index in [2.05, 4.69) is 22.0 Å². The zero-order valence-corrected chi connectivity index (χ0v) is 4.79. The molecule has 1 atom stereocenters. The monoisotopic (exact) mass is 118 g/mol. The number of aliphatic hydroxyl groups is 1. The largest absolute Gasteiger partial charge is 0.363 e. The van der Waals surface area contributed by atoms with Crippen molar-refractivity contribution in [2.24, 2.45) is 5.16 Å². The molecule has 0 spiro atoms. The van der Waals surface area contributed by atoms with Crippen LogP contribution in [-0.4, -0.2) is 31.7 Å². The summed E-state index contributed by atoms with van der Waals surface area (Å²) in [5.74, 6) is 0. The fourth-order valence-corrected chi connectivity index (χ4v) is 0.298. The molecule has 0 aliphatic carbocycles. The van der Waals surface area contributed by atoms with Gasteiger partial charge in [0.25, 0.3) is 0 Å². The predicted molar refractivity (Wildman–Crippen MR) is 30.6 cm³/mol. The van der Waals surface area contributed by atoms with E-state index in [4.69, 9.17) is 5.11 Å². The third-order valence-electron chi connectivity index (χ3n) is 0.575. The van der Waals surface area contributed by atoms with Gasteiger partial charge >= 0.3 is 0 Å². The first-order valence-corrected chi connectivity index (χ1v) is 2.25. The van der Waals surface area contributed by atoms with Crippen LogP contribution < -0.4 is 5.32 Å². The van der Waals surface area contributed by atoms with Gasteiger partial charge in [0, 0.05) is 6.72 Å². The van der Waals surface area contributed by atoms with Crippen LogP contribution in [0.3, 0.4) is 0 Å². The molecule has 4 nitrogen and oxygen atoms in total. The van der Waals surface area contributed by atoms with Gasteiger partial charge in [0.05, 0.1) is 6.54 Å². The van der Waals surface area contributed by atoms with Crippen LogP contribution in [0.4, 0.5) is 0 Å². The Morgan fingerprint density at radius 2 is 2.62 bits per heavy atom. The molecular formula is C4H10N2O2. The Balaban J connectivity index is 3.03. The molecule has 1 unspecified atom stereocenters. The van der Waals surface area contributed by atoms with E-state index in [0.29, 0.717) is 6.54 Å². The van der Waals surface area contributed by atoms with E-state index in [1.807, 2.05) is 0 Å². The molecule has 0 saturated heterocycles. The van der Waals surface area contributed by atoms with Crippen molar-refractivity contribution in [2.45, 2.75) is 6.29 Å². The van der Waals surface area contributed by atoms with Crippen LogP contribution in [0.1, 0.15) is 0 Å². The van der Waals surface area contributed by atoms with E-state index in [9.17, 15) is 0 Å². The van der Waals surface area contributed by atoms with Crippen molar-refractivity contribution in [3.63, 3.8) is 0 Å². The standard InChI is InChI=1S/C4H10N2O2/c1-5-3-4(7)8-6-2/h4-5,7H,2-3H2,1H3. The molecule has 8 heavy (non-hydrogen) atoms. The summed E-state index contributed by atoms with van der Waals surface area (Å²) in [7, 11) is 1.70. The normalized spacial score (nSPS) is 12.8. The summed E-state index contributed by atoms with van der Waals surface area (Å²) in [6.45, 7) is 3.38. The van der Waals surface area contributed by atoms with Gasteiger partial charge in [0.2, 0.25) is 6.29 Å². The Labute approximate surface area is 48.1 Å². The average molecular weight is 118 g/mol. The van der Waals surface area contributed by atoms with Gasteiger partial charge in [-0.2, -0.15) is 0 Å². The molecule has 0 aromatic heterocycles. The second-order valence-electron chi connectivity index (χ2n) is 1.25. The van der Waals surface area contributed by atoms with Crippen LogP contribution in [0.25, 0.3) is 0 Å². The van der Waals surface area contributed by atoms with Crippen molar-refractivity contribution in [3.8, 4) is 0 Å². The maximum absolute atomic E-state index is 8.63. The van der Waals surface area contributed by atoms with Crippen LogP contribution in [-0.2, 0) is 4.84 Å². The molecule has 0 amide bonds. The molecule has 48 valence electrons. The minimum absolute atomic E-state index is 0.360. The van der Waals surface area contributed by atoms with E-state index in [1.165, 1.54) is 0 Å². The van der Waals surface area contributed by atoms with E-state index in [0.717, 1.165) is 0 Å². The van der Waals surface area contributed by atoms with Crippen molar-refractivity contribution < 1.29 is 9.94 Å². The topological polar surface area (TPSA) is 53.9 Å². The average Bonchev–Trinajstić information content (AvgIpc) is 1.68. The van der Waals surface area contributed by atoms with Crippen molar-refractivity contribution in [1.29, 1.82) is 0 Å². The SMILES string of the molecule is C=NOC(O)CNC. The Hall–Kier alpha value is -0.610. The predicted octanol–water partition coefficient (Wildman–Crippen LogP) is -0.844. The fraction of sp³-hybridized carbons (Fsp3) is 0.750. The zero-order valence-electron chi connectivity index (χ0n) is 4.79. The maximum atomic E-state index is 8.63. The van der Waals surface area contributed by atoms with Gasteiger partial charge in [-0.05, 0) is 7.05 Å². The third kappa shape index (κ3) is 3.58. The molecular weight excluding hydrogens is 108 g/mol. The molecule has 2 N–H and O–H groups in total. The molecule has 0 fully saturated rings. The van der Waals surface area contributed by atoms with Gasteiger partial charge in [-0.3, -0.25) is 0 Å². The van der Waals surface area contributed by atoms with Crippen LogP contribution in [0.2, 0.25) is 0 Å². The van der Waals surface area contributed by atoms with Crippen molar-refractivity contribution >= 4 is 6.72 Å². The van der Waals surface area contributed by atoms with E-state index >= 15 is 0 Å². The third-order valence-corrected chi connectivity index (χ3v) is 0.575. The van der Waals surface area contributed by atoms with E-state index in [-0.39, 0.29) is 0 Å². The minimum atomic E-state index is -0.877. The molecule has 0 aliphatic heterocycles. The highest BCUT2D eigenvalue weighted by Gasteiger charge is 1.97. The highest BCUT2D eigenvalue weighted by Crippen LogP contribution is 1.81. The molecule has 0 bridgehead atoms. The number of rotatable bonds is 4. The Bertz CT molecular complexity index is 67.1. The smallest absolute Gasteiger partial charge is 0.236 e. The van der Waals surface area contributed by atoms with Crippen molar-refractivity contribution in [2.75, 3.05) is 13.6 Å². The number of nitrogens with one attached hydrogen (secondary N) is 1. The van der Waals surface area contributed by atoms with Gasteiger partial charge < -0.3 is 15.3 Å². The summed E-state index contributed by atoms with van der Waals surface area (Å²) in [6, 6.07) is 0. The molecule has 0 saturated carbocycles. The molecule has 0 rings (SSSR count). The molecule has 4 heteroatoms. The Kier molecular flexibility index (Phi) is 4.20. The van der Waals surface area contributed by atoms with Crippen LogP contribution in [0.15, 0.2) is 5.16 Å². The first-order chi connectivity index (χ1) is 3.81. The van der Waals surface area contributed by atoms with Gasteiger partial charge in [-0.25, -0.2) is 0 Å². The summed E-state index contributed by atoms with van der Waals surface area (Å²) < 4.78 is 0. The van der Waals surface area contributed by atoms with Crippen molar-refractivity contribution in [1.82, 2.24) is 5.32 Å². The lowest BCUT2D eigenvalue weighted by molar-refractivity contribution is -0.0929. The summed E-state index contributed by atoms with van der Waals surface area (Å²) in [4.78, 5) is 4.29. The fourth-order valence-electron chi connectivity index (χ4n) is 0.298. The second-order valence-corrected chi connectivity index (χ2v) is 1.25. The van der Waals surface area contributed by atoms with E-state index in [1.54, 1.807) is 7.05 Å². The van der Waals surface area contributed by atoms with Crippen LogP contribution >= 0.6 is 0 Å². The van der Waals surface area contributed by atoms with Gasteiger partial charge in [-0.1, -0.05) is 5.16 Å². The van der Waals surface area contributed by atoms with Crippen LogP contribution in [0.5, 0.6) is 0 Å². The number of oxime groups is 1. The molecule has 0 heterocycles. The summed E-state index contributed by atoms with van der Waals surface area (Å²) in [5, 5.41) is 14.3. The summed E-state index contributed by atoms with van der Waals surface area (Å²) >= 11 is 0. The lowest BCUT2D eigenvalue weighted by Crippen LogP contribution is -2.24. The zero-order chi connectivity index (χ0) is 6.41. The molecule has 0 aromatic carbocycles. The Morgan fingerprint density at radius 3 is 3.00 bits per heavy atom. The summed E-state index contributed by atoms with van der Waals surface area (Å²) in [6.07, 6.45) is -0.877. The number of likely N-dealkylation sites (N-methyl/N-ethyl adjacent to an activating group) is 1. The number of aliphatic hydroxyl groups excluding tert-OH is 1. The number of nitrogens with zero attached hydrogens (tertiary/aromatic N) is 1. The molecule has 0 aromatic rings.